The van der Waals surface area contributed by atoms with Gasteiger partial charge in [-0.3, -0.25) is 14.4 Å². The van der Waals surface area contributed by atoms with Crippen molar-refractivity contribution in [2.45, 2.75) is 6.42 Å². The first-order valence-electron chi connectivity index (χ1n) is 5.37. The molecule has 1 aliphatic rings. The number of carbonyl (C=O) groups is 3. The molecule has 2 amide bonds. The highest BCUT2D eigenvalue weighted by molar-refractivity contribution is 5.88. The number of carbonyl (C=O) groups excluding carboxylic acids is 2. The van der Waals surface area contributed by atoms with E-state index in [1.54, 1.807) is 0 Å². The second-order valence-electron chi connectivity index (χ2n) is 4.30. The number of nitrogens with two attached hydrogens (primary N) is 1. The standard InChI is InChI=1S/C10H17N3O4/c1-12-3-2-7(4-12)10(17)13(5-8(11)14)6-9(15)16/h7H,2-6H2,1H3,(H2,11,14)(H,15,16). The Morgan fingerprint density at radius 1 is 1.41 bits per heavy atom. The van der Waals surface area contributed by atoms with Crippen molar-refractivity contribution in [1.29, 1.82) is 0 Å². The van der Waals surface area contributed by atoms with Gasteiger partial charge in [-0.05, 0) is 20.0 Å². The Morgan fingerprint density at radius 3 is 2.47 bits per heavy atom. The lowest BCUT2D eigenvalue weighted by atomic mass is 10.1. The first-order valence-corrected chi connectivity index (χ1v) is 5.37. The summed E-state index contributed by atoms with van der Waals surface area (Å²) in [6.45, 7) is 0.564. The first-order chi connectivity index (χ1) is 7.90. The van der Waals surface area contributed by atoms with Gasteiger partial charge in [0.2, 0.25) is 11.8 Å². The van der Waals surface area contributed by atoms with Crippen LogP contribution in [0.1, 0.15) is 6.42 Å². The van der Waals surface area contributed by atoms with Crippen LogP contribution in [0.3, 0.4) is 0 Å². The molecule has 0 spiro atoms. The number of amides is 2. The van der Waals surface area contributed by atoms with Gasteiger partial charge in [-0.1, -0.05) is 0 Å². The van der Waals surface area contributed by atoms with Gasteiger partial charge in [-0.15, -0.1) is 0 Å². The molecule has 0 radical (unpaired) electrons. The molecule has 7 heteroatoms. The quantitative estimate of drug-likeness (QED) is 0.601. The molecule has 0 bridgehead atoms. The van der Waals surface area contributed by atoms with E-state index in [1.165, 1.54) is 0 Å². The van der Waals surface area contributed by atoms with Gasteiger partial charge in [0.05, 0.1) is 12.5 Å². The van der Waals surface area contributed by atoms with Gasteiger partial charge in [-0.25, -0.2) is 0 Å². The van der Waals surface area contributed by atoms with Crippen LogP contribution >= 0.6 is 0 Å². The molecule has 1 atom stereocenters. The molecule has 1 aliphatic heterocycles. The highest BCUT2D eigenvalue weighted by atomic mass is 16.4. The normalized spacial score (nSPS) is 20.2. The number of hydrogen-bond acceptors (Lipinski definition) is 4. The summed E-state index contributed by atoms with van der Waals surface area (Å²) < 4.78 is 0. The largest absolute Gasteiger partial charge is 0.480 e. The maximum absolute atomic E-state index is 12.0. The molecule has 17 heavy (non-hydrogen) atoms. The Morgan fingerprint density at radius 2 is 2.06 bits per heavy atom. The van der Waals surface area contributed by atoms with Crippen LogP contribution in [-0.2, 0) is 14.4 Å². The Balaban J connectivity index is 2.64. The predicted molar refractivity (Wildman–Crippen MR) is 59.0 cm³/mol. The molecular weight excluding hydrogens is 226 g/mol. The molecule has 7 nitrogen and oxygen atoms in total. The first kappa shape index (κ1) is 13.4. The van der Waals surface area contributed by atoms with Crippen LogP contribution in [0.15, 0.2) is 0 Å². The highest BCUT2D eigenvalue weighted by Crippen LogP contribution is 2.16. The second-order valence-corrected chi connectivity index (χ2v) is 4.30. The summed E-state index contributed by atoms with van der Waals surface area (Å²) in [5.74, 6) is -2.40. The molecule has 0 aromatic carbocycles. The van der Waals surface area contributed by atoms with E-state index in [9.17, 15) is 14.4 Å². The zero-order valence-corrected chi connectivity index (χ0v) is 9.76. The lowest BCUT2D eigenvalue weighted by molar-refractivity contribution is -0.147. The van der Waals surface area contributed by atoms with Gasteiger partial charge < -0.3 is 20.6 Å². The van der Waals surface area contributed by atoms with Crippen molar-refractivity contribution in [3.8, 4) is 0 Å². The van der Waals surface area contributed by atoms with Gasteiger partial charge in [0.25, 0.3) is 0 Å². The monoisotopic (exact) mass is 243 g/mol. The van der Waals surface area contributed by atoms with Crippen LogP contribution in [0.2, 0.25) is 0 Å². The van der Waals surface area contributed by atoms with Crippen LogP contribution in [0.25, 0.3) is 0 Å². The second kappa shape index (κ2) is 5.62. The number of likely N-dealkylation sites (tertiary alicyclic amines) is 1. The third-order valence-corrected chi connectivity index (χ3v) is 2.73. The van der Waals surface area contributed by atoms with Gasteiger partial charge in [0.15, 0.2) is 0 Å². The van der Waals surface area contributed by atoms with Crippen molar-refractivity contribution in [1.82, 2.24) is 9.80 Å². The van der Waals surface area contributed by atoms with Crippen molar-refractivity contribution in [2.24, 2.45) is 11.7 Å². The van der Waals surface area contributed by atoms with Crippen molar-refractivity contribution >= 4 is 17.8 Å². The fourth-order valence-corrected chi connectivity index (χ4v) is 1.96. The lowest BCUT2D eigenvalue weighted by Gasteiger charge is -2.22. The van der Waals surface area contributed by atoms with Gasteiger partial charge >= 0.3 is 5.97 Å². The fourth-order valence-electron chi connectivity index (χ4n) is 1.96. The highest BCUT2D eigenvalue weighted by Gasteiger charge is 2.31. The van der Waals surface area contributed by atoms with E-state index < -0.39 is 18.4 Å². The minimum Gasteiger partial charge on any atom is -0.480 e. The third-order valence-electron chi connectivity index (χ3n) is 2.73. The molecular formula is C10H17N3O4. The summed E-state index contributed by atoms with van der Waals surface area (Å²) in [5.41, 5.74) is 5.00. The van der Waals surface area contributed by atoms with Crippen LogP contribution in [0.4, 0.5) is 0 Å². The van der Waals surface area contributed by atoms with Crippen LogP contribution < -0.4 is 5.73 Å². The van der Waals surface area contributed by atoms with Gasteiger partial charge in [-0.2, -0.15) is 0 Å². The lowest BCUT2D eigenvalue weighted by Crippen LogP contribution is -2.44. The van der Waals surface area contributed by atoms with E-state index in [2.05, 4.69) is 0 Å². The molecule has 1 fully saturated rings. The molecule has 1 rings (SSSR count). The SMILES string of the molecule is CN1CCC(C(=O)N(CC(N)=O)CC(=O)O)C1. The number of carboxylic acids is 1. The van der Waals surface area contributed by atoms with E-state index in [0.717, 1.165) is 11.4 Å². The van der Waals surface area contributed by atoms with E-state index >= 15 is 0 Å². The molecule has 1 unspecified atom stereocenters. The van der Waals surface area contributed by atoms with Crippen LogP contribution in [-0.4, -0.2) is 65.9 Å². The van der Waals surface area contributed by atoms with Crippen molar-refractivity contribution in [3.63, 3.8) is 0 Å². The summed E-state index contributed by atoms with van der Waals surface area (Å²) in [6, 6.07) is 0. The topological polar surface area (TPSA) is 104 Å². The van der Waals surface area contributed by atoms with Gasteiger partial charge in [0.1, 0.15) is 6.54 Å². The Hall–Kier alpha value is -1.63. The average Bonchev–Trinajstić information content (AvgIpc) is 2.61. The fraction of sp³-hybridized carbons (Fsp3) is 0.700. The average molecular weight is 243 g/mol. The van der Waals surface area contributed by atoms with Crippen LogP contribution in [0.5, 0.6) is 0 Å². The summed E-state index contributed by atoms with van der Waals surface area (Å²) in [4.78, 5) is 36.4. The number of rotatable bonds is 5. The number of primary amides is 1. The van der Waals surface area contributed by atoms with Crippen molar-refractivity contribution < 1.29 is 19.5 Å². The van der Waals surface area contributed by atoms with E-state index in [1.807, 2.05) is 11.9 Å². The third kappa shape index (κ3) is 4.03. The summed E-state index contributed by atoms with van der Waals surface area (Å²) in [6.07, 6.45) is 0.685. The minimum atomic E-state index is -1.15. The number of hydrogen-bond donors (Lipinski definition) is 2. The van der Waals surface area contributed by atoms with E-state index in [4.69, 9.17) is 10.8 Å². The molecule has 1 saturated heterocycles. The molecule has 0 aromatic heterocycles. The summed E-state index contributed by atoms with van der Waals surface area (Å²) in [5, 5.41) is 8.68. The van der Waals surface area contributed by atoms with E-state index in [-0.39, 0.29) is 18.4 Å². The molecule has 0 aliphatic carbocycles. The Kier molecular flexibility index (Phi) is 4.45. The molecule has 1 heterocycles. The number of nitrogens with zero attached hydrogens (tertiary/aromatic N) is 2. The van der Waals surface area contributed by atoms with E-state index in [0.29, 0.717) is 13.0 Å². The molecule has 0 aromatic rings. The summed E-state index contributed by atoms with van der Waals surface area (Å²) >= 11 is 0. The molecule has 3 N–H and O–H groups in total. The number of carboxylic acid groups (broad SMARTS) is 1. The van der Waals surface area contributed by atoms with Gasteiger partial charge in [0, 0.05) is 6.54 Å². The zero-order chi connectivity index (χ0) is 13.0. The Labute approximate surface area is 99.2 Å². The Bertz CT molecular complexity index is 316. The van der Waals surface area contributed by atoms with Crippen molar-refractivity contribution in [3.05, 3.63) is 0 Å². The van der Waals surface area contributed by atoms with Crippen LogP contribution in [0, 0.1) is 5.92 Å². The molecule has 0 saturated carbocycles. The smallest absolute Gasteiger partial charge is 0.323 e. The molecule has 96 valence electrons. The van der Waals surface area contributed by atoms with Crippen molar-refractivity contribution in [2.75, 3.05) is 33.2 Å². The minimum absolute atomic E-state index is 0.237. The predicted octanol–water partition coefficient (Wildman–Crippen LogP) is -1.66. The zero-order valence-electron chi connectivity index (χ0n) is 9.76. The maximum atomic E-state index is 12.0. The summed E-state index contributed by atoms with van der Waals surface area (Å²) in [7, 11) is 1.89. The number of aliphatic carboxylic acids is 1. The maximum Gasteiger partial charge on any atom is 0.323 e.